The highest BCUT2D eigenvalue weighted by Crippen LogP contribution is 1.92. The van der Waals surface area contributed by atoms with Gasteiger partial charge in [-0.05, 0) is 12.8 Å². The molecule has 0 heterocycles. The average molecular weight is 157 g/mol. The first-order chi connectivity index (χ1) is 5.35. The third kappa shape index (κ3) is 6.32. The Morgan fingerprint density at radius 2 is 1.82 bits per heavy atom. The lowest BCUT2D eigenvalue weighted by Gasteiger charge is -2.18. The van der Waals surface area contributed by atoms with Gasteiger partial charge in [-0.25, -0.2) is 5.01 Å². The molecule has 0 aliphatic rings. The summed E-state index contributed by atoms with van der Waals surface area (Å²) < 4.78 is 0. The summed E-state index contributed by atoms with van der Waals surface area (Å²) in [6.45, 7) is 9.71. The van der Waals surface area contributed by atoms with E-state index in [2.05, 4.69) is 31.2 Å². The zero-order valence-electron chi connectivity index (χ0n) is 8.14. The minimum Gasteiger partial charge on any atom is -0.227 e. The van der Waals surface area contributed by atoms with Crippen LogP contribution >= 0.6 is 0 Å². The molecule has 0 saturated carbocycles. The maximum absolute atomic E-state index is 4.43. The van der Waals surface area contributed by atoms with Gasteiger partial charge in [-0.3, -0.25) is 0 Å². The predicted octanol–water partition coefficient (Wildman–Crippen LogP) is 2.04. The molecule has 0 atom stereocenters. The molecule has 0 amide bonds. The maximum atomic E-state index is 4.43. The Kier molecular flexibility index (Phi) is 7.96. The van der Waals surface area contributed by atoms with E-state index < -0.39 is 0 Å². The van der Waals surface area contributed by atoms with Crippen LogP contribution < -0.4 is 5.43 Å². The van der Waals surface area contributed by atoms with Crippen molar-refractivity contribution in [2.45, 2.75) is 40.0 Å². The summed E-state index contributed by atoms with van der Waals surface area (Å²) in [6, 6.07) is 0. The van der Waals surface area contributed by atoms with Crippen molar-refractivity contribution in [1.82, 2.24) is 10.4 Å². The topological polar surface area (TPSA) is 17.3 Å². The van der Waals surface area contributed by atoms with Crippen LogP contribution in [-0.4, -0.2) is 24.6 Å². The minimum absolute atomic E-state index is 0.984. The Morgan fingerprint density at radius 3 is 2.27 bits per heavy atom. The van der Waals surface area contributed by atoms with Gasteiger partial charge in [0.05, 0.1) is 0 Å². The Bertz CT molecular complexity index is 66.0. The Morgan fingerprint density at radius 1 is 1.09 bits per heavy atom. The Hall–Kier alpha value is -0.0800. The zero-order valence-corrected chi connectivity index (χ0v) is 8.14. The lowest BCUT2D eigenvalue weighted by molar-refractivity contribution is 0.187. The lowest BCUT2D eigenvalue weighted by atomic mass is 10.3. The molecule has 0 saturated heterocycles. The third-order valence-electron chi connectivity index (χ3n) is 1.66. The number of unbranched alkanes of at least 4 members (excludes halogenated alkanes) is 1. The number of hydrogen-bond donors (Lipinski definition) is 0. The van der Waals surface area contributed by atoms with Crippen LogP contribution in [0.1, 0.15) is 40.0 Å². The van der Waals surface area contributed by atoms with Crippen molar-refractivity contribution in [1.29, 1.82) is 0 Å². The molecule has 1 radical (unpaired) electrons. The van der Waals surface area contributed by atoms with E-state index in [0.29, 0.717) is 0 Å². The third-order valence-corrected chi connectivity index (χ3v) is 1.66. The highest BCUT2D eigenvalue weighted by atomic mass is 15.5. The summed E-state index contributed by atoms with van der Waals surface area (Å²) in [4.78, 5) is 0. The van der Waals surface area contributed by atoms with Crippen LogP contribution in [0.3, 0.4) is 0 Å². The molecule has 0 N–H and O–H groups in total. The molecule has 0 fully saturated rings. The molecule has 11 heavy (non-hydrogen) atoms. The summed E-state index contributed by atoms with van der Waals surface area (Å²) >= 11 is 0. The molecule has 67 valence electrons. The predicted molar refractivity (Wildman–Crippen MR) is 49.4 cm³/mol. The fraction of sp³-hybridized carbons (Fsp3) is 1.00. The second-order valence-corrected chi connectivity index (χ2v) is 2.76. The van der Waals surface area contributed by atoms with Gasteiger partial charge in [0.15, 0.2) is 0 Å². The van der Waals surface area contributed by atoms with Crippen molar-refractivity contribution in [2.75, 3.05) is 19.6 Å². The number of rotatable bonds is 7. The summed E-state index contributed by atoms with van der Waals surface area (Å²) in [6.07, 6.45) is 3.68. The van der Waals surface area contributed by atoms with Gasteiger partial charge in [0.2, 0.25) is 0 Å². The smallest absolute Gasteiger partial charge is 0.0304 e. The van der Waals surface area contributed by atoms with Crippen LogP contribution in [0.25, 0.3) is 0 Å². The van der Waals surface area contributed by atoms with E-state index in [9.17, 15) is 0 Å². The van der Waals surface area contributed by atoms with Gasteiger partial charge in [-0.2, -0.15) is 5.43 Å². The Labute approximate surface area is 70.9 Å². The second-order valence-electron chi connectivity index (χ2n) is 2.76. The largest absolute Gasteiger partial charge is 0.227 e. The first-order valence-electron chi connectivity index (χ1n) is 4.77. The summed E-state index contributed by atoms with van der Waals surface area (Å²) in [5, 5.41) is 2.17. The molecule has 2 nitrogen and oxygen atoms in total. The fourth-order valence-electron chi connectivity index (χ4n) is 0.911. The van der Waals surface area contributed by atoms with Crippen LogP contribution in [0.2, 0.25) is 0 Å². The molecule has 0 spiro atoms. The SMILES string of the molecule is CCCCN(CC)[N]CCC. The highest BCUT2D eigenvalue weighted by molar-refractivity contribution is 4.48. The van der Waals surface area contributed by atoms with Gasteiger partial charge >= 0.3 is 0 Å². The summed E-state index contributed by atoms with van der Waals surface area (Å²) in [5.74, 6) is 0. The number of nitrogens with zero attached hydrogens (tertiary/aromatic N) is 2. The van der Waals surface area contributed by atoms with E-state index in [-0.39, 0.29) is 0 Å². The van der Waals surface area contributed by atoms with Crippen LogP contribution in [0.4, 0.5) is 0 Å². The monoisotopic (exact) mass is 157 g/mol. The molecule has 0 aromatic heterocycles. The molecule has 0 aromatic carbocycles. The average Bonchev–Trinajstić information content (AvgIpc) is 2.05. The van der Waals surface area contributed by atoms with E-state index in [0.717, 1.165) is 26.1 Å². The van der Waals surface area contributed by atoms with Crippen LogP contribution in [0.5, 0.6) is 0 Å². The van der Waals surface area contributed by atoms with Crippen molar-refractivity contribution >= 4 is 0 Å². The van der Waals surface area contributed by atoms with E-state index in [1.54, 1.807) is 0 Å². The summed E-state index contributed by atoms with van der Waals surface area (Å²) in [7, 11) is 0. The molecule has 0 rings (SSSR count). The van der Waals surface area contributed by atoms with E-state index in [1.807, 2.05) is 0 Å². The van der Waals surface area contributed by atoms with Crippen molar-refractivity contribution < 1.29 is 0 Å². The van der Waals surface area contributed by atoms with Crippen LogP contribution in [0, 0.1) is 0 Å². The van der Waals surface area contributed by atoms with Gasteiger partial charge in [0.25, 0.3) is 0 Å². The van der Waals surface area contributed by atoms with Crippen molar-refractivity contribution in [3.8, 4) is 0 Å². The molecule has 2 heteroatoms. The van der Waals surface area contributed by atoms with E-state index >= 15 is 0 Å². The van der Waals surface area contributed by atoms with Gasteiger partial charge in [-0.1, -0.05) is 27.2 Å². The number of hydrogen-bond acceptors (Lipinski definition) is 1. The normalized spacial score (nSPS) is 10.9. The van der Waals surface area contributed by atoms with Gasteiger partial charge < -0.3 is 0 Å². The minimum atomic E-state index is 0.984. The molecular formula is C9H21N2. The van der Waals surface area contributed by atoms with Crippen molar-refractivity contribution in [2.24, 2.45) is 0 Å². The maximum Gasteiger partial charge on any atom is 0.0304 e. The van der Waals surface area contributed by atoms with Crippen molar-refractivity contribution in [3.63, 3.8) is 0 Å². The van der Waals surface area contributed by atoms with Crippen molar-refractivity contribution in [3.05, 3.63) is 0 Å². The fourth-order valence-corrected chi connectivity index (χ4v) is 0.911. The first kappa shape index (κ1) is 10.9. The van der Waals surface area contributed by atoms with Crippen LogP contribution in [0.15, 0.2) is 0 Å². The summed E-state index contributed by atoms with van der Waals surface area (Å²) in [5.41, 5.74) is 4.43. The first-order valence-corrected chi connectivity index (χ1v) is 4.77. The standard InChI is InChI=1S/C9H21N2/c1-4-7-9-11(6-3)10-8-5-2/h4-9H2,1-3H3. The van der Waals surface area contributed by atoms with Gasteiger partial charge in [0.1, 0.15) is 0 Å². The molecule has 0 aromatic rings. The molecule has 0 aliphatic carbocycles. The molecule has 0 unspecified atom stereocenters. The lowest BCUT2D eigenvalue weighted by Crippen LogP contribution is -2.33. The van der Waals surface area contributed by atoms with Gasteiger partial charge in [0, 0.05) is 19.6 Å². The second kappa shape index (κ2) is 8.02. The van der Waals surface area contributed by atoms with E-state index in [4.69, 9.17) is 0 Å². The molecule has 0 aliphatic heterocycles. The quantitative estimate of drug-likeness (QED) is 0.517. The van der Waals surface area contributed by atoms with E-state index in [1.165, 1.54) is 12.8 Å². The molecular weight excluding hydrogens is 136 g/mol. The molecule has 0 bridgehead atoms. The zero-order chi connectivity index (χ0) is 8.53. The van der Waals surface area contributed by atoms with Crippen LogP contribution in [-0.2, 0) is 0 Å². The highest BCUT2D eigenvalue weighted by Gasteiger charge is 1.99. The van der Waals surface area contributed by atoms with Gasteiger partial charge in [-0.15, -0.1) is 0 Å². The Balaban J connectivity index is 3.25.